The predicted molar refractivity (Wildman–Crippen MR) is 57.7 cm³/mol. The molecule has 3 heterocycles. The Morgan fingerprint density at radius 3 is 2.35 bits per heavy atom. The van der Waals surface area contributed by atoms with E-state index in [9.17, 15) is 14.4 Å². The summed E-state index contributed by atoms with van der Waals surface area (Å²) in [5, 5.41) is 5.46. The monoisotopic (exact) mass is 237 g/mol. The standard InChI is InChI=1S/C11H15N3O3/c15-9-6-4-14(5-7(6)10(16)13-9)11(17)8-2-1-3-12-8/h6-8,12H,1-5H2,(H,13,15,16)/t6-,7+,8-/m0/s1. The molecule has 0 radical (unpaired) electrons. The molecule has 0 spiro atoms. The molecule has 6 heteroatoms. The molecule has 0 aromatic heterocycles. The van der Waals surface area contributed by atoms with Crippen molar-refractivity contribution in [2.24, 2.45) is 11.8 Å². The lowest BCUT2D eigenvalue weighted by Gasteiger charge is -2.21. The molecule has 3 saturated heterocycles. The van der Waals surface area contributed by atoms with Crippen LogP contribution in [0.2, 0.25) is 0 Å². The average Bonchev–Trinajstić information content (AvgIpc) is 3.00. The van der Waals surface area contributed by atoms with Crippen molar-refractivity contribution in [2.45, 2.75) is 18.9 Å². The lowest BCUT2D eigenvalue weighted by atomic mass is 10.00. The van der Waals surface area contributed by atoms with Crippen LogP contribution in [0.1, 0.15) is 12.8 Å². The van der Waals surface area contributed by atoms with Crippen molar-refractivity contribution in [1.29, 1.82) is 0 Å². The number of fused-ring (bicyclic) bond motifs is 1. The highest BCUT2D eigenvalue weighted by Crippen LogP contribution is 2.29. The van der Waals surface area contributed by atoms with E-state index in [0.717, 1.165) is 19.4 Å². The van der Waals surface area contributed by atoms with Crippen LogP contribution in [0.15, 0.2) is 0 Å². The third-order valence-electron chi connectivity index (χ3n) is 3.91. The number of nitrogens with zero attached hydrogens (tertiary/aromatic N) is 1. The van der Waals surface area contributed by atoms with E-state index in [-0.39, 0.29) is 35.6 Å². The maximum Gasteiger partial charge on any atom is 0.239 e. The predicted octanol–water partition coefficient (Wildman–Crippen LogP) is -1.53. The molecule has 0 saturated carbocycles. The van der Waals surface area contributed by atoms with Gasteiger partial charge in [-0.15, -0.1) is 0 Å². The summed E-state index contributed by atoms with van der Waals surface area (Å²) in [5.41, 5.74) is 0. The number of hydrogen-bond donors (Lipinski definition) is 2. The first-order valence-electron chi connectivity index (χ1n) is 6.03. The van der Waals surface area contributed by atoms with Crippen LogP contribution in [0.4, 0.5) is 0 Å². The minimum Gasteiger partial charge on any atom is -0.340 e. The Hall–Kier alpha value is -1.43. The molecular weight excluding hydrogens is 222 g/mol. The first-order valence-corrected chi connectivity index (χ1v) is 6.03. The maximum atomic E-state index is 12.1. The molecule has 3 amide bonds. The van der Waals surface area contributed by atoms with Crippen LogP contribution in [0.5, 0.6) is 0 Å². The van der Waals surface area contributed by atoms with Gasteiger partial charge in [-0.25, -0.2) is 0 Å². The Kier molecular flexibility index (Phi) is 2.39. The van der Waals surface area contributed by atoms with Gasteiger partial charge in [-0.1, -0.05) is 0 Å². The fraction of sp³-hybridized carbons (Fsp3) is 0.727. The summed E-state index contributed by atoms with van der Waals surface area (Å²) < 4.78 is 0. The summed E-state index contributed by atoms with van der Waals surface area (Å²) in [7, 11) is 0. The topological polar surface area (TPSA) is 78.5 Å². The highest BCUT2D eigenvalue weighted by Gasteiger charge is 2.49. The molecule has 3 rings (SSSR count). The number of amides is 3. The smallest absolute Gasteiger partial charge is 0.239 e. The SMILES string of the molecule is O=C1NC(=O)[C@@H]2CN(C(=O)[C@@H]3CCCN3)C[C@H]12. The average molecular weight is 237 g/mol. The normalized spacial score (nSPS) is 36.2. The molecule has 2 N–H and O–H groups in total. The van der Waals surface area contributed by atoms with Crippen LogP contribution in [0, 0.1) is 11.8 Å². The van der Waals surface area contributed by atoms with E-state index in [1.165, 1.54) is 0 Å². The number of rotatable bonds is 1. The zero-order chi connectivity index (χ0) is 12.0. The van der Waals surface area contributed by atoms with Crippen LogP contribution in [-0.2, 0) is 14.4 Å². The summed E-state index contributed by atoms with van der Waals surface area (Å²) in [4.78, 5) is 36.7. The molecule has 3 fully saturated rings. The second kappa shape index (κ2) is 3.80. The van der Waals surface area contributed by atoms with Crippen molar-refractivity contribution in [2.75, 3.05) is 19.6 Å². The minimum atomic E-state index is -0.326. The zero-order valence-corrected chi connectivity index (χ0v) is 9.44. The molecule has 17 heavy (non-hydrogen) atoms. The van der Waals surface area contributed by atoms with E-state index >= 15 is 0 Å². The van der Waals surface area contributed by atoms with Gasteiger partial charge in [0.15, 0.2) is 0 Å². The largest absolute Gasteiger partial charge is 0.340 e. The van der Waals surface area contributed by atoms with Gasteiger partial charge in [0.2, 0.25) is 17.7 Å². The van der Waals surface area contributed by atoms with Gasteiger partial charge < -0.3 is 10.2 Å². The van der Waals surface area contributed by atoms with Gasteiger partial charge in [-0.3, -0.25) is 19.7 Å². The number of imide groups is 1. The van der Waals surface area contributed by atoms with Crippen LogP contribution in [-0.4, -0.2) is 48.3 Å². The van der Waals surface area contributed by atoms with Gasteiger partial charge in [-0.05, 0) is 19.4 Å². The summed E-state index contributed by atoms with van der Waals surface area (Å²) in [6.45, 7) is 1.65. The summed E-state index contributed by atoms with van der Waals surface area (Å²) in [6, 6.07) is -0.119. The number of likely N-dealkylation sites (tertiary alicyclic amines) is 1. The molecule has 3 aliphatic heterocycles. The third kappa shape index (κ3) is 1.63. The summed E-state index contributed by atoms with van der Waals surface area (Å²) in [5.74, 6) is -1.07. The van der Waals surface area contributed by atoms with Gasteiger partial charge in [-0.2, -0.15) is 0 Å². The lowest BCUT2D eigenvalue weighted by molar-refractivity contribution is -0.133. The number of carbonyl (C=O) groups excluding carboxylic acids is 3. The van der Waals surface area contributed by atoms with Crippen LogP contribution in [0.3, 0.4) is 0 Å². The second-order valence-electron chi connectivity index (χ2n) is 4.96. The van der Waals surface area contributed by atoms with E-state index in [1.807, 2.05) is 0 Å². The first kappa shape index (κ1) is 10.7. The van der Waals surface area contributed by atoms with Crippen LogP contribution < -0.4 is 10.6 Å². The summed E-state index contributed by atoms with van der Waals surface area (Å²) >= 11 is 0. The van der Waals surface area contributed by atoms with E-state index in [4.69, 9.17) is 0 Å². The van der Waals surface area contributed by atoms with Crippen molar-refractivity contribution in [1.82, 2.24) is 15.5 Å². The van der Waals surface area contributed by atoms with E-state index in [2.05, 4.69) is 10.6 Å². The van der Waals surface area contributed by atoms with Crippen molar-refractivity contribution in [3.8, 4) is 0 Å². The van der Waals surface area contributed by atoms with Crippen molar-refractivity contribution in [3.05, 3.63) is 0 Å². The number of hydrogen-bond acceptors (Lipinski definition) is 4. The van der Waals surface area contributed by atoms with Crippen molar-refractivity contribution >= 4 is 17.7 Å². The Morgan fingerprint density at radius 2 is 1.82 bits per heavy atom. The van der Waals surface area contributed by atoms with Crippen LogP contribution in [0.25, 0.3) is 0 Å². The molecule has 0 aliphatic carbocycles. The van der Waals surface area contributed by atoms with E-state index in [0.29, 0.717) is 13.1 Å². The molecule has 0 unspecified atom stereocenters. The Labute approximate surface area is 98.7 Å². The molecule has 3 aliphatic rings. The fourth-order valence-corrected chi connectivity index (χ4v) is 2.94. The molecule has 0 aromatic carbocycles. The van der Waals surface area contributed by atoms with Crippen LogP contribution >= 0.6 is 0 Å². The van der Waals surface area contributed by atoms with Gasteiger partial charge in [0.1, 0.15) is 0 Å². The molecular formula is C11H15N3O3. The lowest BCUT2D eigenvalue weighted by Crippen LogP contribution is -2.44. The molecule has 92 valence electrons. The quantitative estimate of drug-likeness (QED) is 0.542. The molecule has 6 nitrogen and oxygen atoms in total. The second-order valence-corrected chi connectivity index (χ2v) is 4.96. The zero-order valence-electron chi connectivity index (χ0n) is 9.44. The van der Waals surface area contributed by atoms with Gasteiger partial charge >= 0.3 is 0 Å². The molecule has 3 atom stereocenters. The van der Waals surface area contributed by atoms with Gasteiger partial charge in [0, 0.05) is 13.1 Å². The van der Waals surface area contributed by atoms with Gasteiger partial charge in [0.25, 0.3) is 0 Å². The summed E-state index contributed by atoms with van der Waals surface area (Å²) in [6.07, 6.45) is 1.86. The first-order chi connectivity index (χ1) is 8.16. The Balaban J connectivity index is 1.70. The Bertz CT molecular complexity index is 367. The minimum absolute atomic E-state index is 0.0394. The van der Waals surface area contributed by atoms with Crippen molar-refractivity contribution < 1.29 is 14.4 Å². The molecule has 0 bridgehead atoms. The molecule has 0 aromatic rings. The number of nitrogens with one attached hydrogen (secondary N) is 2. The fourth-order valence-electron chi connectivity index (χ4n) is 2.94. The Morgan fingerprint density at radius 1 is 1.18 bits per heavy atom. The highest BCUT2D eigenvalue weighted by molar-refractivity contribution is 6.06. The van der Waals surface area contributed by atoms with E-state index in [1.54, 1.807) is 4.90 Å². The van der Waals surface area contributed by atoms with Gasteiger partial charge in [0.05, 0.1) is 17.9 Å². The van der Waals surface area contributed by atoms with E-state index < -0.39 is 0 Å². The third-order valence-corrected chi connectivity index (χ3v) is 3.91. The maximum absolute atomic E-state index is 12.1. The number of carbonyl (C=O) groups is 3. The van der Waals surface area contributed by atoms with Crippen molar-refractivity contribution in [3.63, 3.8) is 0 Å². The highest BCUT2D eigenvalue weighted by atomic mass is 16.2.